The topological polar surface area (TPSA) is 15.3 Å². The van der Waals surface area contributed by atoms with Crippen LogP contribution < -0.4 is 15.9 Å². The van der Waals surface area contributed by atoms with Crippen LogP contribution in [-0.4, -0.2) is 15.4 Å². The molecule has 1 aliphatic heterocycles. The van der Waals surface area contributed by atoms with Gasteiger partial charge in [-0.05, 0) is 41.1 Å². The van der Waals surface area contributed by atoms with Crippen LogP contribution in [0, 0.1) is 0 Å². The smallest absolute Gasteiger partial charge is 0.152 e. The second-order valence-electron chi connectivity index (χ2n) is 4.57. The second-order valence-corrected chi connectivity index (χ2v) is 7.92. The standard InChI is InChI=1S/C16H16IN2P/c17-16-18-11-12-19(16)13-20(14-7-3-1-4-8-14)15-9-5-2-6-10-15/h1-12,16,18H,13H2. The average Bonchev–Trinajstić information content (AvgIpc) is 2.92. The molecule has 1 aliphatic rings. The van der Waals surface area contributed by atoms with Crippen molar-refractivity contribution in [3.05, 3.63) is 73.1 Å². The molecule has 1 atom stereocenters. The third kappa shape index (κ3) is 3.15. The fraction of sp³-hybridized carbons (Fsp3) is 0.125. The number of hydrogen-bond acceptors (Lipinski definition) is 2. The first kappa shape index (κ1) is 13.9. The van der Waals surface area contributed by atoms with E-state index >= 15 is 0 Å². The molecule has 0 aliphatic carbocycles. The minimum atomic E-state index is -0.359. The van der Waals surface area contributed by atoms with Gasteiger partial charge in [-0.25, -0.2) is 0 Å². The monoisotopic (exact) mass is 394 g/mol. The lowest BCUT2D eigenvalue weighted by molar-refractivity contribution is 0.436. The third-order valence-electron chi connectivity index (χ3n) is 3.23. The van der Waals surface area contributed by atoms with Gasteiger partial charge in [-0.15, -0.1) is 0 Å². The van der Waals surface area contributed by atoms with Gasteiger partial charge in [0.05, 0.1) is 0 Å². The largest absolute Gasteiger partial charge is 0.362 e. The summed E-state index contributed by atoms with van der Waals surface area (Å²) in [6, 6.07) is 21.7. The summed E-state index contributed by atoms with van der Waals surface area (Å²) in [5.41, 5.74) is 0. The van der Waals surface area contributed by atoms with E-state index in [4.69, 9.17) is 0 Å². The number of nitrogens with one attached hydrogen (secondary N) is 1. The summed E-state index contributed by atoms with van der Waals surface area (Å²) in [5.74, 6) is 0. The van der Waals surface area contributed by atoms with Crippen molar-refractivity contribution in [3.63, 3.8) is 0 Å². The molecule has 0 fully saturated rings. The molecule has 0 spiro atoms. The highest BCUT2D eigenvalue weighted by Gasteiger charge is 2.21. The molecule has 0 radical (unpaired) electrons. The van der Waals surface area contributed by atoms with Crippen LogP contribution >= 0.6 is 30.5 Å². The van der Waals surface area contributed by atoms with E-state index in [9.17, 15) is 0 Å². The Hall–Kier alpha value is -1.06. The van der Waals surface area contributed by atoms with Gasteiger partial charge in [0.15, 0.2) is 4.17 Å². The maximum absolute atomic E-state index is 3.32. The normalized spacial score (nSPS) is 17.5. The quantitative estimate of drug-likeness (QED) is 0.371. The van der Waals surface area contributed by atoms with Crippen molar-refractivity contribution in [1.29, 1.82) is 0 Å². The number of nitrogens with zero attached hydrogens (tertiary/aromatic N) is 1. The van der Waals surface area contributed by atoms with Gasteiger partial charge >= 0.3 is 0 Å². The molecule has 102 valence electrons. The van der Waals surface area contributed by atoms with Gasteiger partial charge in [-0.2, -0.15) is 0 Å². The Bertz CT molecular complexity index is 534. The van der Waals surface area contributed by atoms with E-state index in [1.54, 1.807) is 0 Å². The minimum absolute atomic E-state index is 0.352. The molecule has 0 saturated heterocycles. The van der Waals surface area contributed by atoms with Crippen molar-refractivity contribution in [2.75, 3.05) is 6.29 Å². The van der Waals surface area contributed by atoms with Crippen LogP contribution in [0.3, 0.4) is 0 Å². The number of benzene rings is 2. The number of halogens is 1. The fourth-order valence-electron chi connectivity index (χ4n) is 2.20. The maximum atomic E-state index is 3.32. The molecule has 4 heteroatoms. The molecule has 20 heavy (non-hydrogen) atoms. The Labute approximate surface area is 134 Å². The van der Waals surface area contributed by atoms with Gasteiger partial charge in [-0.1, -0.05) is 60.7 Å². The van der Waals surface area contributed by atoms with E-state index in [1.165, 1.54) is 10.6 Å². The van der Waals surface area contributed by atoms with Crippen LogP contribution in [0.5, 0.6) is 0 Å². The zero-order valence-corrected chi connectivity index (χ0v) is 14.0. The van der Waals surface area contributed by atoms with Crippen molar-refractivity contribution in [3.8, 4) is 0 Å². The van der Waals surface area contributed by atoms with Gasteiger partial charge in [0.1, 0.15) is 0 Å². The van der Waals surface area contributed by atoms with Crippen molar-refractivity contribution in [2.45, 2.75) is 4.17 Å². The lowest BCUT2D eigenvalue weighted by Gasteiger charge is -2.27. The van der Waals surface area contributed by atoms with Crippen LogP contribution in [-0.2, 0) is 0 Å². The summed E-state index contributed by atoms with van der Waals surface area (Å²) in [6.07, 6.45) is 5.22. The summed E-state index contributed by atoms with van der Waals surface area (Å²) in [7, 11) is -0.359. The number of hydrogen-bond donors (Lipinski definition) is 1. The van der Waals surface area contributed by atoms with E-state index in [-0.39, 0.29) is 7.92 Å². The van der Waals surface area contributed by atoms with E-state index in [0.717, 1.165) is 6.29 Å². The molecule has 1 unspecified atom stereocenters. The lowest BCUT2D eigenvalue weighted by Crippen LogP contribution is -2.32. The zero-order valence-electron chi connectivity index (χ0n) is 11.0. The Morgan fingerprint density at radius 3 is 1.95 bits per heavy atom. The van der Waals surface area contributed by atoms with E-state index < -0.39 is 0 Å². The van der Waals surface area contributed by atoms with Crippen LogP contribution in [0.2, 0.25) is 0 Å². The van der Waals surface area contributed by atoms with Crippen LogP contribution in [0.15, 0.2) is 73.1 Å². The molecule has 0 amide bonds. The molecule has 0 aromatic heterocycles. The van der Waals surface area contributed by atoms with E-state index in [2.05, 4.69) is 99.7 Å². The van der Waals surface area contributed by atoms with E-state index in [1.807, 2.05) is 6.20 Å². The Kier molecular flexibility index (Phi) is 4.58. The molecule has 2 aromatic carbocycles. The lowest BCUT2D eigenvalue weighted by atomic mass is 10.4. The number of alkyl halides is 1. The summed E-state index contributed by atoms with van der Waals surface area (Å²) < 4.78 is 0.352. The molecule has 3 rings (SSSR count). The highest BCUT2D eigenvalue weighted by atomic mass is 127. The molecule has 2 nitrogen and oxygen atoms in total. The SMILES string of the molecule is IC1NC=CN1CP(c1ccccc1)c1ccccc1. The molecule has 1 heterocycles. The van der Waals surface area contributed by atoms with E-state index in [0.29, 0.717) is 4.17 Å². The van der Waals surface area contributed by atoms with Gasteiger partial charge < -0.3 is 10.2 Å². The van der Waals surface area contributed by atoms with Crippen molar-refractivity contribution in [2.24, 2.45) is 0 Å². The Morgan fingerprint density at radius 1 is 0.950 bits per heavy atom. The van der Waals surface area contributed by atoms with Gasteiger partial charge in [0.2, 0.25) is 0 Å². The molecular formula is C16H16IN2P. The summed E-state index contributed by atoms with van der Waals surface area (Å²) in [5, 5.41) is 6.18. The van der Waals surface area contributed by atoms with Crippen molar-refractivity contribution < 1.29 is 0 Å². The predicted octanol–water partition coefficient (Wildman–Crippen LogP) is 3.17. The third-order valence-corrected chi connectivity index (χ3v) is 6.76. The highest BCUT2D eigenvalue weighted by Crippen LogP contribution is 2.36. The fourth-order valence-corrected chi connectivity index (χ4v) is 5.37. The maximum Gasteiger partial charge on any atom is 0.152 e. The Morgan fingerprint density at radius 2 is 1.50 bits per heavy atom. The molecular weight excluding hydrogens is 378 g/mol. The van der Waals surface area contributed by atoms with Crippen LogP contribution in [0.25, 0.3) is 0 Å². The van der Waals surface area contributed by atoms with Gasteiger partial charge in [0, 0.05) is 18.7 Å². The van der Waals surface area contributed by atoms with Crippen molar-refractivity contribution in [1.82, 2.24) is 10.2 Å². The Balaban J connectivity index is 1.90. The average molecular weight is 394 g/mol. The van der Waals surface area contributed by atoms with Crippen molar-refractivity contribution >= 4 is 41.1 Å². The van der Waals surface area contributed by atoms with Gasteiger partial charge in [0.25, 0.3) is 0 Å². The summed E-state index contributed by atoms with van der Waals surface area (Å²) >= 11 is 2.43. The first-order valence-electron chi connectivity index (χ1n) is 6.55. The van der Waals surface area contributed by atoms with Crippen LogP contribution in [0.1, 0.15) is 0 Å². The highest BCUT2D eigenvalue weighted by molar-refractivity contribution is 14.1. The number of rotatable bonds is 4. The zero-order chi connectivity index (χ0) is 13.8. The molecule has 2 aromatic rings. The second kappa shape index (κ2) is 6.59. The molecule has 1 N–H and O–H groups in total. The first-order valence-corrected chi connectivity index (χ1v) is 9.32. The van der Waals surface area contributed by atoms with Gasteiger partial charge in [-0.3, -0.25) is 0 Å². The molecule has 0 bridgehead atoms. The predicted molar refractivity (Wildman–Crippen MR) is 95.9 cm³/mol. The first-order chi connectivity index (χ1) is 9.84. The summed E-state index contributed by atoms with van der Waals surface area (Å²) in [6.45, 7) is 0. The van der Waals surface area contributed by atoms with Crippen LogP contribution in [0.4, 0.5) is 0 Å². The minimum Gasteiger partial charge on any atom is -0.362 e. The molecule has 0 saturated carbocycles. The summed E-state index contributed by atoms with van der Waals surface area (Å²) in [4.78, 5) is 2.37.